The molecule has 1 rings (SSSR count). The Morgan fingerprint density at radius 3 is 2.56 bits per heavy atom. The number of hydrogen-bond acceptors (Lipinski definition) is 3. The minimum absolute atomic E-state index is 0.478. The van der Waals surface area contributed by atoms with Gasteiger partial charge in [-0.1, -0.05) is 17.7 Å². The molecule has 4 heteroatoms. The summed E-state index contributed by atoms with van der Waals surface area (Å²) in [5.41, 5.74) is 1.88. The third-order valence-corrected chi connectivity index (χ3v) is 4.21. The van der Waals surface area contributed by atoms with Gasteiger partial charge in [0.2, 0.25) is 0 Å². The van der Waals surface area contributed by atoms with Gasteiger partial charge in [-0.2, -0.15) is 11.8 Å². The van der Waals surface area contributed by atoms with Crippen molar-refractivity contribution in [1.29, 1.82) is 0 Å². The molecule has 0 aliphatic heterocycles. The molecule has 1 aromatic rings. The molecule has 102 valence electrons. The Morgan fingerprint density at radius 2 is 2.06 bits per heavy atom. The summed E-state index contributed by atoms with van der Waals surface area (Å²) in [6.07, 6.45) is 2.75. The van der Waals surface area contributed by atoms with Crippen molar-refractivity contribution in [1.82, 2.24) is 0 Å². The maximum absolute atomic E-state index is 9.56. The molecule has 0 aromatic heterocycles. The van der Waals surface area contributed by atoms with Gasteiger partial charge in [0, 0.05) is 23.8 Å². The number of aliphatic hydroxyl groups excluding tert-OH is 1. The van der Waals surface area contributed by atoms with Crippen molar-refractivity contribution in [3.05, 3.63) is 28.8 Å². The standard InChI is InChI=1S/C14H22ClNOS/c1-10(7-8-18-4)16(3)12-5-6-13(11(2)17)14(15)9-12/h5-6,9-11,17H,7-8H2,1-4H3. The average molecular weight is 288 g/mol. The van der Waals surface area contributed by atoms with Crippen LogP contribution in [0.1, 0.15) is 31.9 Å². The van der Waals surface area contributed by atoms with Gasteiger partial charge in [0.15, 0.2) is 0 Å². The summed E-state index contributed by atoms with van der Waals surface area (Å²) in [7, 11) is 2.08. The van der Waals surface area contributed by atoms with Crippen LogP contribution in [0.25, 0.3) is 0 Å². The number of anilines is 1. The molecule has 0 aliphatic carbocycles. The van der Waals surface area contributed by atoms with Crippen molar-refractivity contribution in [3.8, 4) is 0 Å². The Labute approximate surface area is 119 Å². The van der Waals surface area contributed by atoms with Crippen molar-refractivity contribution >= 4 is 29.1 Å². The Morgan fingerprint density at radius 1 is 1.39 bits per heavy atom. The molecule has 18 heavy (non-hydrogen) atoms. The van der Waals surface area contributed by atoms with Gasteiger partial charge in [0.05, 0.1) is 6.10 Å². The largest absolute Gasteiger partial charge is 0.389 e. The molecule has 2 atom stereocenters. The van der Waals surface area contributed by atoms with E-state index in [-0.39, 0.29) is 0 Å². The Hall–Kier alpha value is -0.380. The van der Waals surface area contributed by atoms with E-state index < -0.39 is 6.10 Å². The van der Waals surface area contributed by atoms with Crippen LogP contribution in [-0.2, 0) is 0 Å². The Kier molecular flexibility index (Phi) is 6.33. The van der Waals surface area contributed by atoms with Gasteiger partial charge in [-0.25, -0.2) is 0 Å². The SMILES string of the molecule is CSCCC(C)N(C)c1ccc(C(C)O)c(Cl)c1. The van der Waals surface area contributed by atoms with Crippen LogP contribution in [0.5, 0.6) is 0 Å². The number of aliphatic hydroxyl groups is 1. The molecule has 0 amide bonds. The first-order valence-electron chi connectivity index (χ1n) is 6.16. The van der Waals surface area contributed by atoms with Gasteiger partial charge in [-0.3, -0.25) is 0 Å². The molecule has 0 fully saturated rings. The second-order valence-corrected chi connectivity index (χ2v) is 6.02. The summed E-state index contributed by atoms with van der Waals surface area (Å²) in [4.78, 5) is 2.23. The Bertz CT molecular complexity index is 384. The normalized spacial score (nSPS) is 14.3. The third-order valence-electron chi connectivity index (χ3n) is 3.24. The zero-order valence-electron chi connectivity index (χ0n) is 11.5. The molecule has 2 unspecified atom stereocenters. The maximum atomic E-state index is 9.56. The average Bonchev–Trinajstić information content (AvgIpc) is 2.34. The van der Waals surface area contributed by atoms with Crippen molar-refractivity contribution in [2.45, 2.75) is 32.4 Å². The molecule has 0 heterocycles. The predicted octanol–water partition coefficient (Wildman–Crippen LogP) is 3.97. The van der Waals surface area contributed by atoms with E-state index in [1.807, 2.05) is 30.0 Å². The lowest BCUT2D eigenvalue weighted by Crippen LogP contribution is -2.29. The molecule has 1 aromatic carbocycles. The molecule has 0 saturated carbocycles. The lowest BCUT2D eigenvalue weighted by Gasteiger charge is -2.27. The quantitative estimate of drug-likeness (QED) is 0.856. The lowest BCUT2D eigenvalue weighted by molar-refractivity contribution is 0.199. The zero-order chi connectivity index (χ0) is 13.7. The van der Waals surface area contributed by atoms with Crippen LogP contribution in [0.2, 0.25) is 5.02 Å². The lowest BCUT2D eigenvalue weighted by atomic mass is 10.1. The monoisotopic (exact) mass is 287 g/mol. The first-order chi connectivity index (χ1) is 8.47. The summed E-state index contributed by atoms with van der Waals surface area (Å²) < 4.78 is 0. The van der Waals surface area contributed by atoms with E-state index in [9.17, 15) is 5.11 Å². The van der Waals surface area contributed by atoms with Crippen LogP contribution in [0.15, 0.2) is 18.2 Å². The predicted molar refractivity (Wildman–Crippen MR) is 82.9 cm³/mol. The summed E-state index contributed by atoms with van der Waals surface area (Å²) in [5, 5.41) is 10.2. The van der Waals surface area contributed by atoms with Crippen LogP contribution >= 0.6 is 23.4 Å². The van der Waals surface area contributed by atoms with E-state index in [0.29, 0.717) is 11.1 Å². The fourth-order valence-corrected chi connectivity index (χ4v) is 2.72. The molecule has 0 saturated heterocycles. The maximum Gasteiger partial charge on any atom is 0.0776 e. The molecule has 0 aliphatic rings. The zero-order valence-corrected chi connectivity index (χ0v) is 13.1. The number of thioether (sulfide) groups is 1. The highest BCUT2D eigenvalue weighted by Crippen LogP contribution is 2.28. The number of nitrogens with zero attached hydrogens (tertiary/aromatic N) is 1. The molecule has 1 N–H and O–H groups in total. The van der Waals surface area contributed by atoms with Crippen LogP contribution in [-0.4, -0.2) is 30.2 Å². The molecule has 2 nitrogen and oxygen atoms in total. The molecular weight excluding hydrogens is 266 g/mol. The summed E-state index contributed by atoms with van der Waals surface area (Å²) in [5.74, 6) is 1.16. The number of benzene rings is 1. The second-order valence-electron chi connectivity index (χ2n) is 4.62. The van der Waals surface area contributed by atoms with E-state index in [0.717, 1.165) is 23.4 Å². The van der Waals surface area contributed by atoms with Gasteiger partial charge >= 0.3 is 0 Å². The van der Waals surface area contributed by atoms with Crippen molar-refractivity contribution in [2.75, 3.05) is 24.0 Å². The number of rotatable bonds is 6. The first-order valence-corrected chi connectivity index (χ1v) is 7.93. The number of halogens is 1. The molecule has 0 radical (unpaired) electrons. The second kappa shape index (κ2) is 7.27. The summed E-state index contributed by atoms with van der Waals surface area (Å²) in [6.45, 7) is 3.94. The topological polar surface area (TPSA) is 23.5 Å². The smallest absolute Gasteiger partial charge is 0.0776 e. The van der Waals surface area contributed by atoms with Crippen molar-refractivity contribution in [3.63, 3.8) is 0 Å². The van der Waals surface area contributed by atoms with Crippen molar-refractivity contribution in [2.24, 2.45) is 0 Å². The van der Waals surface area contributed by atoms with Crippen molar-refractivity contribution < 1.29 is 5.11 Å². The fourth-order valence-electron chi connectivity index (χ4n) is 1.81. The van der Waals surface area contributed by atoms with Crippen LogP contribution in [0.3, 0.4) is 0 Å². The van der Waals surface area contributed by atoms with Gasteiger partial charge in [0.1, 0.15) is 0 Å². The Balaban J connectivity index is 2.80. The fraction of sp³-hybridized carbons (Fsp3) is 0.571. The minimum atomic E-state index is -0.522. The minimum Gasteiger partial charge on any atom is -0.389 e. The summed E-state index contributed by atoms with van der Waals surface area (Å²) >= 11 is 8.05. The van der Waals surface area contributed by atoms with Gasteiger partial charge < -0.3 is 10.0 Å². The van der Waals surface area contributed by atoms with E-state index in [1.54, 1.807) is 6.92 Å². The van der Waals surface area contributed by atoms with E-state index in [2.05, 4.69) is 25.1 Å². The highest BCUT2D eigenvalue weighted by Gasteiger charge is 2.12. The van der Waals surface area contributed by atoms with Gasteiger partial charge in [0.25, 0.3) is 0 Å². The molecule has 0 spiro atoms. The van der Waals surface area contributed by atoms with E-state index in [4.69, 9.17) is 11.6 Å². The van der Waals surface area contributed by atoms with E-state index in [1.165, 1.54) is 0 Å². The van der Waals surface area contributed by atoms with Crippen LogP contribution < -0.4 is 4.90 Å². The molecule has 0 bridgehead atoms. The van der Waals surface area contributed by atoms with Gasteiger partial charge in [-0.15, -0.1) is 0 Å². The van der Waals surface area contributed by atoms with Crippen LogP contribution in [0, 0.1) is 0 Å². The number of hydrogen-bond donors (Lipinski definition) is 1. The van der Waals surface area contributed by atoms with Gasteiger partial charge in [-0.05, 0) is 50.0 Å². The van der Waals surface area contributed by atoms with E-state index >= 15 is 0 Å². The summed E-state index contributed by atoms with van der Waals surface area (Å²) in [6, 6.07) is 6.33. The van der Waals surface area contributed by atoms with Crippen LogP contribution in [0.4, 0.5) is 5.69 Å². The highest BCUT2D eigenvalue weighted by molar-refractivity contribution is 7.98. The first kappa shape index (κ1) is 15.7. The third kappa shape index (κ3) is 4.08. The highest BCUT2D eigenvalue weighted by atomic mass is 35.5. The molecular formula is C14H22ClNOS.